The number of pyridine rings is 1. The van der Waals surface area contributed by atoms with E-state index in [1.165, 1.54) is 11.0 Å². The van der Waals surface area contributed by atoms with Gasteiger partial charge in [0.1, 0.15) is 11.4 Å². The van der Waals surface area contributed by atoms with E-state index in [9.17, 15) is 37.6 Å². The van der Waals surface area contributed by atoms with Crippen LogP contribution in [0.3, 0.4) is 0 Å². The Morgan fingerprint density at radius 3 is 2.39 bits per heavy atom. The Kier molecular flexibility index (Phi) is 6.78. The number of halogens is 5. The number of carbonyl (C=O) groups excluding carboxylic acids is 1. The predicted molar refractivity (Wildman–Crippen MR) is 121 cm³/mol. The Morgan fingerprint density at radius 2 is 1.89 bits per heavy atom. The highest BCUT2D eigenvalue weighted by Gasteiger charge is 2.61. The van der Waals surface area contributed by atoms with Crippen molar-refractivity contribution in [2.45, 2.75) is 64.1 Å². The van der Waals surface area contributed by atoms with Crippen molar-refractivity contribution >= 4 is 17.7 Å². The van der Waals surface area contributed by atoms with Crippen LogP contribution in [0.15, 0.2) is 24.3 Å². The predicted octanol–water partition coefficient (Wildman–Crippen LogP) is 5.55. The molecule has 1 amide bonds. The molecule has 0 bridgehead atoms. The third-order valence-corrected chi connectivity index (χ3v) is 6.12. The number of benzene rings is 1. The molecular formula is C23H24ClF4N3O5. The normalized spacial score (nSPS) is 16.9. The standard InChI is InChI=1S/C23H24ClF4N3O5/c1-20(2,3)36-19(32)30-10-13-14(21(30,4)5)9-17(22(33,11-31(34)35)23(26,27)28)29-18(13)12-6-7-16(25)15(24)8-12/h6-9,33H,10-11H2,1-5H3. The largest absolute Gasteiger partial charge is 0.444 e. The van der Waals surface area contributed by atoms with Crippen molar-refractivity contribution in [1.29, 1.82) is 0 Å². The van der Waals surface area contributed by atoms with Crippen molar-refractivity contribution in [2.24, 2.45) is 0 Å². The molecule has 0 aliphatic carbocycles. The van der Waals surface area contributed by atoms with E-state index in [0.29, 0.717) is 5.56 Å². The summed E-state index contributed by atoms with van der Waals surface area (Å²) in [6, 6.07) is 4.24. The van der Waals surface area contributed by atoms with Crippen molar-refractivity contribution < 1.29 is 37.1 Å². The molecule has 196 valence electrons. The summed E-state index contributed by atoms with van der Waals surface area (Å²) in [7, 11) is 0. The first-order chi connectivity index (χ1) is 16.3. The number of aliphatic hydroxyl groups is 1. The van der Waals surface area contributed by atoms with Crippen LogP contribution in [0, 0.1) is 15.9 Å². The number of nitrogens with zero attached hydrogens (tertiary/aromatic N) is 3. The number of rotatable bonds is 4. The number of aromatic nitrogens is 1. The van der Waals surface area contributed by atoms with Gasteiger partial charge in [-0.1, -0.05) is 11.6 Å². The minimum atomic E-state index is -5.47. The molecule has 1 N–H and O–H groups in total. The molecule has 13 heteroatoms. The van der Waals surface area contributed by atoms with Crippen LogP contribution < -0.4 is 0 Å². The van der Waals surface area contributed by atoms with Gasteiger partial charge in [-0.05, 0) is 64.4 Å². The molecule has 2 heterocycles. The average Bonchev–Trinajstić information content (AvgIpc) is 2.97. The highest BCUT2D eigenvalue weighted by atomic mass is 35.5. The second kappa shape index (κ2) is 8.84. The second-order valence-corrected chi connectivity index (χ2v) is 10.4. The van der Waals surface area contributed by atoms with E-state index >= 15 is 0 Å². The molecular weight excluding hydrogens is 510 g/mol. The molecule has 0 saturated carbocycles. The maximum absolute atomic E-state index is 14.0. The zero-order valence-electron chi connectivity index (χ0n) is 20.0. The number of hydrogen-bond donors (Lipinski definition) is 1. The fraction of sp³-hybridized carbons (Fsp3) is 0.478. The zero-order valence-corrected chi connectivity index (χ0v) is 20.8. The maximum Gasteiger partial charge on any atom is 0.429 e. The number of fused-ring (bicyclic) bond motifs is 1. The van der Waals surface area contributed by atoms with Gasteiger partial charge in [0.05, 0.1) is 28.5 Å². The number of nitro groups is 1. The topological polar surface area (TPSA) is 106 Å². The molecule has 2 aromatic rings. The number of ether oxygens (including phenoxy) is 1. The lowest BCUT2D eigenvalue weighted by Crippen LogP contribution is -2.48. The Morgan fingerprint density at radius 1 is 1.28 bits per heavy atom. The average molecular weight is 534 g/mol. The Hall–Kier alpha value is -2.99. The molecule has 36 heavy (non-hydrogen) atoms. The molecule has 1 aliphatic rings. The summed E-state index contributed by atoms with van der Waals surface area (Å²) in [5.74, 6) is -0.788. The summed E-state index contributed by atoms with van der Waals surface area (Å²) in [5.41, 5.74) is -6.74. The second-order valence-electron chi connectivity index (χ2n) is 9.99. The maximum atomic E-state index is 14.0. The SMILES string of the molecule is CC(C)(C)OC(=O)N1Cc2c(cc(C(O)(C[N+](=O)[O-])C(F)(F)F)nc2-c2ccc(F)c(Cl)c2)C1(C)C. The zero-order chi connectivity index (χ0) is 27.4. The summed E-state index contributed by atoms with van der Waals surface area (Å²) in [4.78, 5) is 28.0. The Balaban J connectivity index is 2.32. The van der Waals surface area contributed by atoms with Crippen LogP contribution in [-0.4, -0.2) is 44.3 Å². The van der Waals surface area contributed by atoms with Crippen molar-refractivity contribution in [1.82, 2.24) is 9.88 Å². The van der Waals surface area contributed by atoms with Crippen LogP contribution in [0.4, 0.5) is 22.4 Å². The Labute approximate surface area is 209 Å². The van der Waals surface area contributed by atoms with Gasteiger partial charge in [0.15, 0.2) is 0 Å². The van der Waals surface area contributed by atoms with Crippen LogP contribution in [0.5, 0.6) is 0 Å². The van der Waals surface area contributed by atoms with Crippen LogP contribution in [0.2, 0.25) is 5.02 Å². The Bertz CT molecular complexity index is 1230. The van der Waals surface area contributed by atoms with Gasteiger partial charge in [-0.2, -0.15) is 13.2 Å². The third kappa shape index (κ3) is 4.96. The van der Waals surface area contributed by atoms with E-state index in [2.05, 4.69) is 4.98 Å². The van der Waals surface area contributed by atoms with Gasteiger partial charge in [-0.3, -0.25) is 15.0 Å². The lowest BCUT2D eigenvalue weighted by molar-refractivity contribution is -0.519. The van der Waals surface area contributed by atoms with E-state index in [-0.39, 0.29) is 28.4 Å². The number of carbonyl (C=O) groups is 1. The monoisotopic (exact) mass is 533 g/mol. The molecule has 1 unspecified atom stereocenters. The summed E-state index contributed by atoms with van der Waals surface area (Å²) in [6.45, 7) is 5.99. The van der Waals surface area contributed by atoms with Crippen LogP contribution in [0.25, 0.3) is 11.3 Å². The lowest BCUT2D eigenvalue weighted by atomic mass is 9.88. The van der Waals surface area contributed by atoms with E-state index in [1.807, 2.05) is 0 Å². The molecule has 1 atom stereocenters. The minimum Gasteiger partial charge on any atom is -0.444 e. The summed E-state index contributed by atoms with van der Waals surface area (Å²) in [5, 5.41) is 21.3. The van der Waals surface area contributed by atoms with Crippen molar-refractivity contribution in [3.63, 3.8) is 0 Å². The van der Waals surface area contributed by atoms with Gasteiger partial charge in [0.25, 0.3) is 5.60 Å². The number of hydrogen-bond acceptors (Lipinski definition) is 6. The van der Waals surface area contributed by atoms with E-state index in [4.69, 9.17) is 16.3 Å². The molecule has 0 fully saturated rings. The van der Waals surface area contributed by atoms with Gasteiger partial charge in [0, 0.05) is 16.1 Å². The first-order valence-corrected chi connectivity index (χ1v) is 11.1. The van der Waals surface area contributed by atoms with Crippen molar-refractivity contribution in [3.8, 4) is 11.3 Å². The molecule has 0 radical (unpaired) electrons. The first-order valence-electron chi connectivity index (χ1n) is 10.7. The fourth-order valence-electron chi connectivity index (χ4n) is 3.99. The lowest BCUT2D eigenvalue weighted by Gasteiger charge is -2.34. The first kappa shape index (κ1) is 27.6. The quantitative estimate of drug-likeness (QED) is 0.314. The van der Waals surface area contributed by atoms with E-state index in [0.717, 1.165) is 18.2 Å². The van der Waals surface area contributed by atoms with E-state index < -0.39 is 52.0 Å². The molecule has 1 aromatic heterocycles. The molecule has 3 rings (SSSR count). The minimum absolute atomic E-state index is 0.0898. The van der Waals surface area contributed by atoms with Crippen LogP contribution in [0.1, 0.15) is 51.4 Å². The highest BCUT2D eigenvalue weighted by molar-refractivity contribution is 6.31. The van der Waals surface area contributed by atoms with Crippen LogP contribution in [-0.2, 0) is 22.4 Å². The highest BCUT2D eigenvalue weighted by Crippen LogP contribution is 2.47. The third-order valence-electron chi connectivity index (χ3n) is 5.83. The number of amides is 1. The molecule has 0 saturated heterocycles. The molecule has 1 aliphatic heterocycles. The van der Waals surface area contributed by atoms with Gasteiger partial charge in [-0.15, -0.1) is 0 Å². The van der Waals surface area contributed by atoms with Crippen molar-refractivity contribution in [2.75, 3.05) is 6.54 Å². The summed E-state index contributed by atoms with van der Waals surface area (Å²) >= 11 is 5.89. The van der Waals surface area contributed by atoms with E-state index in [1.54, 1.807) is 34.6 Å². The molecule has 8 nitrogen and oxygen atoms in total. The van der Waals surface area contributed by atoms with Gasteiger partial charge >= 0.3 is 12.3 Å². The summed E-state index contributed by atoms with van der Waals surface area (Å²) < 4.78 is 61.2. The molecule has 0 spiro atoms. The fourth-order valence-corrected chi connectivity index (χ4v) is 4.17. The molecule has 1 aromatic carbocycles. The number of alkyl halides is 3. The van der Waals surface area contributed by atoms with Gasteiger partial charge in [-0.25, -0.2) is 14.2 Å². The summed E-state index contributed by atoms with van der Waals surface area (Å²) in [6.07, 6.45) is -6.23. The van der Waals surface area contributed by atoms with Crippen molar-refractivity contribution in [3.05, 3.63) is 62.0 Å². The van der Waals surface area contributed by atoms with Gasteiger partial charge in [0.2, 0.25) is 6.54 Å². The van der Waals surface area contributed by atoms with Gasteiger partial charge < -0.3 is 9.84 Å². The van der Waals surface area contributed by atoms with Crippen LogP contribution >= 0.6 is 11.6 Å². The smallest absolute Gasteiger partial charge is 0.429 e.